The van der Waals surface area contributed by atoms with Gasteiger partial charge < -0.3 is 9.80 Å². The van der Waals surface area contributed by atoms with Gasteiger partial charge >= 0.3 is 0 Å². The largest absolute Gasteiger partial charge is 0.310 e. The highest BCUT2D eigenvalue weighted by Gasteiger charge is 2.44. The quantitative estimate of drug-likeness (QED) is 0.170. The molecule has 0 fully saturated rings. The number of fused-ring (bicyclic) bond motifs is 10. The molecule has 2 nitrogen and oxygen atoms in total. The van der Waals surface area contributed by atoms with Gasteiger partial charge in [-0.05, 0) is 167 Å². The molecule has 0 bridgehead atoms. The van der Waals surface area contributed by atoms with Gasteiger partial charge in [0.1, 0.15) is 0 Å². The average Bonchev–Trinajstić information content (AvgIpc) is 3.81. The Morgan fingerprint density at radius 2 is 0.541 bits per heavy atom. The Kier molecular flexibility index (Phi) is 9.41. The maximum Gasteiger partial charge on any atom is 0.0509 e. The van der Waals surface area contributed by atoms with E-state index >= 15 is 0 Å². The van der Waals surface area contributed by atoms with E-state index in [1.165, 1.54) is 134 Å². The fourth-order valence-corrected chi connectivity index (χ4v) is 13.6. The lowest BCUT2D eigenvalue weighted by Gasteiger charge is -2.43. The van der Waals surface area contributed by atoms with Gasteiger partial charge in [0.05, 0.1) is 22.7 Å². The Morgan fingerprint density at radius 1 is 0.216 bits per heavy atom. The van der Waals surface area contributed by atoms with E-state index in [1.54, 1.807) is 0 Å². The van der Waals surface area contributed by atoms with E-state index in [1.807, 2.05) is 0 Å². The molecule has 358 valence electrons. The first kappa shape index (κ1) is 44.5. The summed E-state index contributed by atoms with van der Waals surface area (Å²) in [6.07, 6.45) is 0. The molecule has 2 aliphatic carbocycles. The molecule has 74 heavy (non-hydrogen) atoms. The topological polar surface area (TPSA) is 6.48 Å². The molecule has 14 rings (SSSR count). The second kappa shape index (κ2) is 15.7. The van der Waals surface area contributed by atoms with Crippen molar-refractivity contribution < 1.29 is 0 Å². The minimum absolute atomic E-state index is 0.156. The molecule has 0 atom stereocenters. The monoisotopic (exact) mass is 952 g/mol. The predicted octanol–water partition coefficient (Wildman–Crippen LogP) is 19.5. The van der Waals surface area contributed by atoms with Crippen LogP contribution < -0.4 is 9.80 Å². The molecule has 10 aromatic carbocycles. The Bertz CT molecular complexity index is 3930. The van der Waals surface area contributed by atoms with E-state index in [4.69, 9.17) is 0 Å². The highest BCUT2D eigenvalue weighted by Crippen LogP contribution is 2.60. The average molecular weight is 953 g/mol. The standard InChI is InChI=1S/C72H60N2/c1-69(2)57-23-15-18-26-66(57)74(52-21-13-10-14-22-52)68-44-62-55(41-63(68)69)53-37-35-49(39-59(53)72(62,7)8)47-31-27-45(28-32-47)46-29-33-48(34-30-46)50-36-38-54-56-42-67-64(43-61(56)71(5,6)60(54)40-50)70(3,4)58-24-16-17-25-65(58)73(67)51-19-11-9-12-20-51/h9-44H,1-8H3. The second-order valence-electron chi connectivity index (χ2n) is 23.4. The normalized spacial score (nSPS) is 16.2. The first-order valence-corrected chi connectivity index (χ1v) is 26.5. The smallest absolute Gasteiger partial charge is 0.0509 e. The number of rotatable bonds is 5. The Balaban J connectivity index is 0.750. The predicted molar refractivity (Wildman–Crippen MR) is 312 cm³/mol. The van der Waals surface area contributed by atoms with Crippen molar-refractivity contribution >= 4 is 34.1 Å². The zero-order chi connectivity index (χ0) is 50.5. The van der Waals surface area contributed by atoms with Crippen LogP contribution in [-0.4, -0.2) is 0 Å². The van der Waals surface area contributed by atoms with Gasteiger partial charge in [0.25, 0.3) is 0 Å². The van der Waals surface area contributed by atoms with Gasteiger partial charge in [-0.1, -0.05) is 207 Å². The summed E-state index contributed by atoms with van der Waals surface area (Å²) in [6, 6.07) is 82.3. The first-order valence-electron chi connectivity index (χ1n) is 26.5. The number of para-hydroxylation sites is 4. The highest BCUT2D eigenvalue weighted by atomic mass is 15.2. The lowest BCUT2D eigenvalue weighted by Crippen LogP contribution is -2.31. The Labute approximate surface area is 437 Å². The van der Waals surface area contributed by atoms with Gasteiger partial charge in [0.2, 0.25) is 0 Å². The molecule has 0 saturated heterocycles. The van der Waals surface area contributed by atoms with Crippen LogP contribution in [0.25, 0.3) is 55.6 Å². The number of hydrogen-bond acceptors (Lipinski definition) is 2. The zero-order valence-electron chi connectivity index (χ0n) is 43.7. The summed E-state index contributed by atoms with van der Waals surface area (Å²) in [6.45, 7) is 19.2. The van der Waals surface area contributed by atoms with Crippen LogP contribution in [0.1, 0.15) is 99.9 Å². The van der Waals surface area contributed by atoms with Crippen molar-refractivity contribution in [3.05, 3.63) is 263 Å². The van der Waals surface area contributed by atoms with Crippen LogP contribution in [0.2, 0.25) is 0 Å². The summed E-state index contributed by atoms with van der Waals surface area (Å²) in [7, 11) is 0. The number of nitrogens with zero attached hydrogens (tertiary/aromatic N) is 2. The highest BCUT2D eigenvalue weighted by molar-refractivity contribution is 5.95. The summed E-state index contributed by atoms with van der Waals surface area (Å²) < 4.78 is 0. The summed E-state index contributed by atoms with van der Waals surface area (Å²) in [4.78, 5) is 4.95. The molecule has 0 N–H and O–H groups in total. The fraction of sp³-hybridized carbons (Fsp3) is 0.167. The number of hydrogen-bond donors (Lipinski definition) is 0. The third-order valence-electron chi connectivity index (χ3n) is 17.8. The maximum absolute atomic E-state index is 2.53. The van der Waals surface area contributed by atoms with Gasteiger partial charge in [0.15, 0.2) is 0 Å². The molecule has 0 unspecified atom stereocenters. The molecule has 2 aliphatic heterocycles. The summed E-state index contributed by atoms with van der Waals surface area (Å²) >= 11 is 0. The minimum atomic E-state index is -0.173. The minimum Gasteiger partial charge on any atom is -0.310 e. The van der Waals surface area contributed by atoms with E-state index in [0.717, 1.165) is 0 Å². The van der Waals surface area contributed by atoms with E-state index in [9.17, 15) is 0 Å². The van der Waals surface area contributed by atoms with Crippen LogP contribution in [0.15, 0.2) is 218 Å². The van der Waals surface area contributed by atoms with Crippen molar-refractivity contribution in [2.75, 3.05) is 9.80 Å². The molecule has 0 spiro atoms. The lowest BCUT2D eigenvalue weighted by atomic mass is 9.71. The number of benzene rings is 10. The van der Waals surface area contributed by atoms with Gasteiger partial charge in [-0.25, -0.2) is 0 Å². The molecular weight excluding hydrogens is 893 g/mol. The molecule has 2 heterocycles. The van der Waals surface area contributed by atoms with Gasteiger partial charge in [-0.2, -0.15) is 0 Å². The molecule has 0 saturated carbocycles. The number of anilines is 6. The summed E-state index contributed by atoms with van der Waals surface area (Å²) in [5.41, 5.74) is 30.5. The van der Waals surface area contributed by atoms with Crippen molar-refractivity contribution in [2.24, 2.45) is 0 Å². The van der Waals surface area contributed by atoms with Crippen molar-refractivity contribution in [3.8, 4) is 55.6 Å². The van der Waals surface area contributed by atoms with E-state index in [2.05, 4.69) is 284 Å². The van der Waals surface area contributed by atoms with Gasteiger partial charge in [0, 0.05) is 33.0 Å². The fourth-order valence-electron chi connectivity index (χ4n) is 13.6. The van der Waals surface area contributed by atoms with Crippen molar-refractivity contribution in [1.82, 2.24) is 0 Å². The van der Waals surface area contributed by atoms with Crippen LogP contribution in [0.5, 0.6) is 0 Å². The summed E-state index contributed by atoms with van der Waals surface area (Å²) in [5, 5.41) is 0. The Morgan fingerprint density at radius 3 is 1.00 bits per heavy atom. The van der Waals surface area contributed by atoms with Crippen molar-refractivity contribution in [3.63, 3.8) is 0 Å². The van der Waals surface area contributed by atoms with Crippen LogP contribution in [0, 0.1) is 0 Å². The van der Waals surface area contributed by atoms with Gasteiger partial charge in [-0.15, -0.1) is 0 Å². The second-order valence-corrected chi connectivity index (χ2v) is 23.4. The van der Waals surface area contributed by atoms with Crippen LogP contribution in [-0.2, 0) is 21.7 Å². The molecule has 0 radical (unpaired) electrons. The van der Waals surface area contributed by atoms with E-state index < -0.39 is 0 Å². The zero-order valence-corrected chi connectivity index (χ0v) is 43.7. The van der Waals surface area contributed by atoms with Crippen LogP contribution >= 0.6 is 0 Å². The molecule has 2 heteroatoms. The van der Waals surface area contributed by atoms with E-state index in [-0.39, 0.29) is 21.7 Å². The van der Waals surface area contributed by atoms with Crippen LogP contribution in [0.4, 0.5) is 34.1 Å². The van der Waals surface area contributed by atoms with Crippen molar-refractivity contribution in [1.29, 1.82) is 0 Å². The maximum atomic E-state index is 2.53. The first-order chi connectivity index (χ1) is 35.7. The molecular formula is C72H60N2. The van der Waals surface area contributed by atoms with E-state index in [0.29, 0.717) is 0 Å². The molecule has 4 aliphatic rings. The van der Waals surface area contributed by atoms with Crippen molar-refractivity contribution in [2.45, 2.75) is 77.0 Å². The van der Waals surface area contributed by atoms with Gasteiger partial charge in [-0.3, -0.25) is 0 Å². The third kappa shape index (κ3) is 6.30. The SMILES string of the molecule is CC1(C)c2cc(-c3ccc(-c4ccc(-c5ccc6c(c5)C(C)(C)c5cc7c(cc5-6)N(c5ccccc5)c5ccccc5C7(C)C)cc4)cc3)ccc2-c2cc3c(cc21)N(c1ccccc1)c1ccccc1C3(C)C. The summed E-state index contributed by atoms with van der Waals surface area (Å²) in [5.74, 6) is 0. The lowest BCUT2D eigenvalue weighted by molar-refractivity contribution is 0.620. The van der Waals surface area contributed by atoms with Crippen LogP contribution in [0.3, 0.4) is 0 Å². The molecule has 10 aromatic rings. The third-order valence-corrected chi connectivity index (χ3v) is 17.8. The molecule has 0 amide bonds. The Hall–Kier alpha value is -8.20. The molecule has 0 aromatic heterocycles.